The van der Waals surface area contributed by atoms with Gasteiger partial charge in [0.05, 0.1) is 6.04 Å². The van der Waals surface area contributed by atoms with E-state index in [0.717, 1.165) is 18.7 Å². The molecule has 0 aromatic rings. The van der Waals surface area contributed by atoms with E-state index < -0.39 is 0 Å². The maximum absolute atomic E-state index is 5.92. The first-order valence-corrected chi connectivity index (χ1v) is 6.51. The molecule has 0 amide bonds. The van der Waals surface area contributed by atoms with Gasteiger partial charge in [-0.05, 0) is 54.4 Å². The highest BCUT2D eigenvalue weighted by Crippen LogP contribution is 2.30. The molecule has 1 aliphatic heterocycles. The molecule has 0 saturated carbocycles. The standard InChI is InChI=1S/C15H27NO/c1-11(2)12(3)16-10-8-9-14(16)13(4)17-15(5,6)7/h14H,4,8-10H2,1-3,5-7H3. The Morgan fingerprint density at radius 2 is 1.82 bits per heavy atom. The summed E-state index contributed by atoms with van der Waals surface area (Å²) in [5.74, 6) is 0.913. The van der Waals surface area contributed by atoms with Crippen molar-refractivity contribution < 1.29 is 4.74 Å². The molecule has 0 aliphatic carbocycles. The van der Waals surface area contributed by atoms with E-state index >= 15 is 0 Å². The lowest BCUT2D eigenvalue weighted by Crippen LogP contribution is -2.33. The molecule has 1 atom stereocenters. The zero-order valence-electron chi connectivity index (χ0n) is 12.3. The maximum Gasteiger partial charge on any atom is 0.112 e. The molecular formula is C15H27NO. The van der Waals surface area contributed by atoms with Crippen LogP contribution >= 0.6 is 0 Å². The second-order valence-electron chi connectivity index (χ2n) is 6.12. The van der Waals surface area contributed by atoms with Gasteiger partial charge in [0.15, 0.2) is 0 Å². The van der Waals surface area contributed by atoms with Crippen LogP contribution in [0.2, 0.25) is 0 Å². The fourth-order valence-corrected chi connectivity index (χ4v) is 2.25. The number of hydrogen-bond donors (Lipinski definition) is 0. The highest BCUT2D eigenvalue weighted by Gasteiger charge is 2.30. The summed E-state index contributed by atoms with van der Waals surface area (Å²) in [5, 5.41) is 0. The van der Waals surface area contributed by atoms with Gasteiger partial charge in [-0.1, -0.05) is 12.2 Å². The largest absolute Gasteiger partial charge is 0.491 e. The van der Waals surface area contributed by atoms with Gasteiger partial charge >= 0.3 is 0 Å². The summed E-state index contributed by atoms with van der Waals surface area (Å²) in [4.78, 5) is 2.43. The van der Waals surface area contributed by atoms with Crippen LogP contribution in [0.15, 0.2) is 23.6 Å². The number of hydrogen-bond acceptors (Lipinski definition) is 2. The van der Waals surface area contributed by atoms with E-state index in [1.165, 1.54) is 17.7 Å². The Morgan fingerprint density at radius 1 is 1.24 bits per heavy atom. The van der Waals surface area contributed by atoms with Crippen LogP contribution in [0.25, 0.3) is 0 Å². The summed E-state index contributed by atoms with van der Waals surface area (Å²) in [6, 6.07) is 0.351. The zero-order valence-corrected chi connectivity index (χ0v) is 12.3. The van der Waals surface area contributed by atoms with Gasteiger partial charge in [-0.2, -0.15) is 0 Å². The van der Waals surface area contributed by atoms with E-state index in [9.17, 15) is 0 Å². The number of allylic oxidation sites excluding steroid dienone is 2. The Balaban J connectivity index is 2.77. The van der Waals surface area contributed by atoms with Gasteiger partial charge in [0.1, 0.15) is 11.4 Å². The molecule has 2 nitrogen and oxygen atoms in total. The number of ether oxygens (including phenoxy) is 1. The summed E-state index contributed by atoms with van der Waals surface area (Å²) in [5.41, 5.74) is 2.59. The van der Waals surface area contributed by atoms with Crippen molar-refractivity contribution in [2.75, 3.05) is 6.54 Å². The van der Waals surface area contributed by atoms with Crippen molar-refractivity contribution in [1.82, 2.24) is 4.90 Å². The molecule has 1 unspecified atom stereocenters. The second-order valence-corrected chi connectivity index (χ2v) is 6.12. The molecule has 17 heavy (non-hydrogen) atoms. The normalized spacial score (nSPS) is 20.4. The lowest BCUT2D eigenvalue weighted by atomic mass is 10.1. The lowest BCUT2D eigenvalue weighted by Gasteiger charge is -2.33. The summed E-state index contributed by atoms with van der Waals surface area (Å²) in [7, 11) is 0. The molecule has 0 spiro atoms. The van der Waals surface area contributed by atoms with Gasteiger partial charge in [-0.3, -0.25) is 0 Å². The quantitative estimate of drug-likeness (QED) is 0.685. The van der Waals surface area contributed by atoms with Crippen molar-refractivity contribution in [1.29, 1.82) is 0 Å². The summed E-state index contributed by atoms with van der Waals surface area (Å²) < 4.78 is 5.92. The molecule has 1 heterocycles. The van der Waals surface area contributed by atoms with Crippen molar-refractivity contribution in [3.63, 3.8) is 0 Å². The van der Waals surface area contributed by atoms with Crippen LogP contribution in [0.5, 0.6) is 0 Å². The molecule has 0 radical (unpaired) electrons. The topological polar surface area (TPSA) is 12.5 Å². The van der Waals surface area contributed by atoms with Gasteiger partial charge in [-0.25, -0.2) is 0 Å². The van der Waals surface area contributed by atoms with E-state index in [1.807, 2.05) is 0 Å². The highest BCUT2D eigenvalue weighted by atomic mass is 16.5. The predicted molar refractivity (Wildman–Crippen MR) is 73.8 cm³/mol. The third-order valence-corrected chi connectivity index (χ3v) is 3.22. The molecule has 2 heteroatoms. The molecular weight excluding hydrogens is 210 g/mol. The zero-order chi connectivity index (χ0) is 13.2. The minimum atomic E-state index is -0.149. The van der Waals surface area contributed by atoms with E-state index in [0.29, 0.717) is 6.04 Å². The third kappa shape index (κ3) is 3.79. The predicted octanol–water partition coefficient (Wildman–Crippen LogP) is 4.09. The van der Waals surface area contributed by atoms with Crippen molar-refractivity contribution in [3.8, 4) is 0 Å². The first kappa shape index (κ1) is 14.1. The molecule has 0 N–H and O–H groups in total. The van der Waals surface area contributed by atoms with Crippen LogP contribution in [0, 0.1) is 0 Å². The minimum Gasteiger partial charge on any atom is -0.491 e. The number of nitrogens with zero attached hydrogens (tertiary/aromatic N) is 1. The Labute approximate surface area is 106 Å². The van der Waals surface area contributed by atoms with Crippen molar-refractivity contribution in [2.45, 2.75) is 66.0 Å². The minimum absolute atomic E-state index is 0.149. The van der Waals surface area contributed by atoms with Gasteiger partial charge in [0.25, 0.3) is 0 Å². The monoisotopic (exact) mass is 237 g/mol. The van der Waals surface area contributed by atoms with Crippen molar-refractivity contribution >= 4 is 0 Å². The SMILES string of the molecule is C=C(OC(C)(C)C)C1CCCN1C(C)=C(C)C. The van der Waals surface area contributed by atoms with Crippen LogP contribution in [0.4, 0.5) is 0 Å². The fourth-order valence-electron chi connectivity index (χ4n) is 2.25. The van der Waals surface area contributed by atoms with Crippen LogP contribution in [0.3, 0.4) is 0 Å². The average molecular weight is 237 g/mol. The first-order chi connectivity index (χ1) is 7.72. The molecule has 0 aromatic heterocycles. The Kier molecular flexibility index (Phi) is 4.29. The van der Waals surface area contributed by atoms with Crippen molar-refractivity contribution in [2.24, 2.45) is 0 Å². The Morgan fingerprint density at radius 3 is 2.29 bits per heavy atom. The fraction of sp³-hybridized carbons (Fsp3) is 0.733. The van der Waals surface area contributed by atoms with Gasteiger partial charge in [0.2, 0.25) is 0 Å². The van der Waals surface area contributed by atoms with E-state index in [1.54, 1.807) is 0 Å². The van der Waals surface area contributed by atoms with Crippen molar-refractivity contribution in [3.05, 3.63) is 23.6 Å². The smallest absolute Gasteiger partial charge is 0.112 e. The Hall–Kier alpha value is -0.920. The summed E-state index contributed by atoms with van der Waals surface area (Å²) in [6.07, 6.45) is 2.38. The van der Waals surface area contributed by atoms with Gasteiger partial charge < -0.3 is 9.64 Å². The van der Waals surface area contributed by atoms with Crippen LogP contribution in [0.1, 0.15) is 54.4 Å². The van der Waals surface area contributed by atoms with Crippen LogP contribution in [-0.4, -0.2) is 23.1 Å². The third-order valence-electron chi connectivity index (χ3n) is 3.22. The van der Waals surface area contributed by atoms with E-state index in [-0.39, 0.29) is 5.60 Å². The lowest BCUT2D eigenvalue weighted by molar-refractivity contribution is 0.0316. The molecule has 0 bridgehead atoms. The maximum atomic E-state index is 5.92. The Bertz CT molecular complexity index is 318. The first-order valence-electron chi connectivity index (χ1n) is 6.51. The second kappa shape index (κ2) is 5.16. The van der Waals surface area contributed by atoms with Crippen LogP contribution in [-0.2, 0) is 4.74 Å². The number of likely N-dealkylation sites (tertiary alicyclic amines) is 1. The van der Waals surface area contributed by atoms with Crippen LogP contribution < -0.4 is 0 Å². The molecule has 0 aromatic carbocycles. The highest BCUT2D eigenvalue weighted by molar-refractivity contribution is 5.14. The van der Waals surface area contributed by atoms with Gasteiger partial charge in [-0.15, -0.1) is 0 Å². The molecule has 1 saturated heterocycles. The molecule has 1 aliphatic rings. The average Bonchev–Trinajstić information content (AvgIpc) is 2.61. The summed E-state index contributed by atoms with van der Waals surface area (Å²) >= 11 is 0. The molecule has 1 rings (SSSR count). The number of rotatable bonds is 3. The summed E-state index contributed by atoms with van der Waals surface area (Å²) in [6.45, 7) is 18.0. The van der Waals surface area contributed by atoms with E-state index in [4.69, 9.17) is 4.74 Å². The molecule has 98 valence electrons. The van der Waals surface area contributed by atoms with Gasteiger partial charge in [0, 0.05) is 12.2 Å². The van der Waals surface area contributed by atoms with E-state index in [2.05, 4.69) is 53.0 Å². The molecule has 1 fully saturated rings.